The molecule has 2 saturated heterocycles. The molecule has 1 N–H and O–H groups in total. The van der Waals surface area contributed by atoms with Crippen molar-refractivity contribution in [2.24, 2.45) is 11.8 Å². The largest absolute Gasteiger partial charge is 0.316 e. The minimum absolute atomic E-state index is 0.180. The van der Waals surface area contributed by atoms with Gasteiger partial charge in [-0.1, -0.05) is 0 Å². The van der Waals surface area contributed by atoms with E-state index in [-0.39, 0.29) is 12.2 Å². The molecule has 2 nitrogen and oxygen atoms in total. The number of nitrogens with one attached hydrogen (secondary N) is 1. The van der Waals surface area contributed by atoms with Gasteiger partial charge in [0, 0.05) is 25.2 Å². The number of halogens is 1. The number of alkyl halides is 1. The molecule has 2 atom stereocenters. The molecule has 0 aromatic carbocycles. The van der Waals surface area contributed by atoms with Crippen molar-refractivity contribution in [1.29, 1.82) is 0 Å². The first-order valence-electron chi connectivity index (χ1n) is 5.68. The van der Waals surface area contributed by atoms with Gasteiger partial charge in [0.25, 0.3) is 0 Å². The van der Waals surface area contributed by atoms with Crippen LogP contribution in [0.2, 0.25) is 0 Å². The molecule has 0 amide bonds. The Morgan fingerprint density at radius 3 is 2.86 bits per heavy atom. The predicted octanol–water partition coefficient (Wildman–Crippen LogP) is 1.28. The zero-order chi connectivity index (χ0) is 10.2. The van der Waals surface area contributed by atoms with Crippen molar-refractivity contribution in [3.05, 3.63) is 0 Å². The Hall–Kier alpha value is -0.150. The highest BCUT2D eigenvalue weighted by molar-refractivity contribution is 5.04. The van der Waals surface area contributed by atoms with Gasteiger partial charge >= 0.3 is 0 Å². The van der Waals surface area contributed by atoms with Crippen LogP contribution in [-0.2, 0) is 0 Å². The van der Waals surface area contributed by atoms with E-state index < -0.39 is 0 Å². The molecule has 0 bridgehead atoms. The molecule has 2 aliphatic rings. The van der Waals surface area contributed by atoms with Crippen LogP contribution in [0.4, 0.5) is 4.39 Å². The normalized spacial score (nSPS) is 36.2. The number of hydrogen-bond donors (Lipinski definition) is 1. The lowest BCUT2D eigenvalue weighted by atomic mass is 9.85. The van der Waals surface area contributed by atoms with E-state index in [1.165, 1.54) is 0 Å². The highest BCUT2D eigenvalue weighted by atomic mass is 19.1. The van der Waals surface area contributed by atoms with Crippen molar-refractivity contribution in [3.8, 4) is 0 Å². The van der Waals surface area contributed by atoms with Crippen molar-refractivity contribution in [3.63, 3.8) is 0 Å². The summed E-state index contributed by atoms with van der Waals surface area (Å²) in [7, 11) is 0. The molecule has 2 rings (SSSR count). The molecule has 2 unspecified atom stereocenters. The summed E-state index contributed by atoms with van der Waals surface area (Å²) in [5, 5.41) is 3.46. The Balaban J connectivity index is 2.00. The minimum Gasteiger partial charge on any atom is -0.316 e. The smallest absolute Gasteiger partial charge is 0.0906 e. The Bertz CT molecular complexity index is 205. The monoisotopic (exact) mass is 200 g/mol. The van der Waals surface area contributed by atoms with E-state index in [2.05, 4.69) is 24.1 Å². The Morgan fingerprint density at radius 2 is 2.21 bits per heavy atom. The Kier molecular flexibility index (Phi) is 2.80. The van der Waals surface area contributed by atoms with E-state index in [0.717, 1.165) is 38.0 Å². The topological polar surface area (TPSA) is 15.3 Å². The van der Waals surface area contributed by atoms with Gasteiger partial charge in [0.05, 0.1) is 6.67 Å². The second-order valence-electron chi connectivity index (χ2n) is 5.17. The summed E-state index contributed by atoms with van der Waals surface area (Å²) in [6, 6.07) is 0. The third-order valence-electron chi connectivity index (χ3n) is 4.08. The number of nitrogens with zero attached hydrogens (tertiary/aromatic N) is 1. The zero-order valence-corrected chi connectivity index (χ0v) is 9.22. The fourth-order valence-corrected chi connectivity index (χ4v) is 3.13. The summed E-state index contributed by atoms with van der Waals surface area (Å²) in [5.41, 5.74) is 0.267. The molecule has 2 aliphatic heterocycles. The summed E-state index contributed by atoms with van der Waals surface area (Å²) in [6.45, 7) is 8.82. The van der Waals surface area contributed by atoms with Crippen LogP contribution < -0.4 is 5.32 Å². The summed E-state index contributed by atoms with van der Waals surface area (Å²) in [4.78, 5) is 2.47. The van der Waals surface area contributed by atoms with Crippen LogP contribution in [0.1, 0.15) is 20.3 Å². The highest BCUT2D eigenvalue weighted by Gasteiger charge is 2.48. The number of hydrogen-bond acceptors (Lipinski definition) is 2. The van der Waals surface area contributed by atoms with E-state index in [0.29, 0.717) is 6.42 Å². The summed E-state index contributed by atoms with van der Waals surface area (Å²) < 4.78 is 12.1. The van der Waals surface area contributed by atoms with Gasteiger partial charge in [-0.15, -0.1) is 0 Å². The van der Waals surface area contributed by atoms with E-state index >= 15 is 0 Å². The van der Waals surface area contributed by atoms with Crippen molar-refractivity contribution in [2.75, 3.05) is 32.9 Å². The maximum absolute atomic E-state index is 12.1. The third-order valence-corrected chi connectivity index (χ3v) is 4.08. The molecule has 0 saturated carbocycles. The van der Waals surface area contributed by atoms with Crippen LogP contribution >= 0.6 is 0 Å². The molecule has 3 heteroatoms. The van der Waals surface area contributed by atoms with Crippen molar-refractivity contribution in [2.45, 2.75) is 25.8 Å². The van der Waals surface area contributed by atoms with Gasteiger partial charge in [-0.2, -0.15) is 0 Å². The first-order valence-corrected chi connectivity index (χ1v) is 5.68. The average Bonchev–Trinajstić information content (AvgIpc) is 2.66. The van der Waals surface area contributed by atoms with Gasteiger partial charge in [-0.25, -0.2) is 0 Å². The molecular formula is C11H21FN2. The van der Waals surface area contributed by atoms with Gasteiger partial charge in [0.1, 0.15) is 0 Å². The van der Waals surface area contributed by atoms with E-state index in [1.807, 2.05) is 0 Å². The van der Waals surface area contributed by atoms with Gasteiger partial charge < -0.3 is 5.32 Å². The fraction of sp³-hybridized carbons (Fsp3) is 1.00. The van der Waals surface area contributed by atoms with Crippen LogP contribution in [0.5, 0.6) is 0 Å². The first kappa shape index (κ1) is 10.4. The van der Waals surface area contributed by atoms with Gasteiger partial charge in [0.2, 0.25) is 0 Å². The predicted molar refractivity (Wildman–Crippen MR) is 56.1 cm³/mol. The molecule has 0 aromatic heterocycles. The number of fused-ring (bicyclic) bond motifs is 1. The van der Waals surface area contributed by atoms with Gasteiger partial charge in [0.15, 0.2) is 0 Å². The molecule has 0 aromatic rings. The fourth-order valence-electron chi connectivity index (χ4n) is 3.13. The van der Waals surface area contributed by atoms with E-state index in [4.69, 9.17) is 0 Å². The minimum atomic E-state index is -0.180. The van der Waals surface area contributed by atoms with Crippen LogP contribution in [-0.4, -0.2) is 43.3 Å². The second-order valence-corrected chi connectivity index (χ2v) is 5.17. The maximum Gasteiger partial charge on any atom is 0.0906 e. The van der Waals surface area contributed by atoms with Gasteiger partial charge in [-0.05, 0) is 38.6 Å². The molecular weight excluding hydrogens is 179 g/mol. The molecule has 0 radical (unpaired) electrons. The quantitative estimate of drug-likeness (QED) is 0.738. The Morgan fingerprint density at radius 1 is 1.43 bits per heavy atom. The highest BCUT2D eigenvalue weighted by Crippen LogP contribution is 2.40. The molecule has 0 spiro atoms. The lowest BCUT2D eigenvalue weighted by molar-refractivity contribution is 0.135. The molecule has 2 heterocycles. The third kappa shape index (κ3) is 1.57. The Labute approximate surface area is 85.9 Å². The summed E-state index contributed by atoms with van der Waals surface area (Å²) in [5.74, 6) is 1.56. The second kappa shape index (κ2) is 3.78. The molecule has 2 fully saturated rings. The maximum atomic E-state index is 12.1. The van der Waals surface area contributed by atoms with Crippen molar-refractivity contribution in [1.82, 2.24) is 10.2 Å². The zero-order valence-electron chi connectivity index (χ0n) is 9.22. The summed E-state index contributed by atoms with van der Waals surface area (Å²) in [6.07, 6.45) is 0.691. The standard InChI is InChI=1S/C11H21FN2/c1-11(2)10-7-13-6-9(10)8-14(11)5-3-4-12/h9-10,13H,3-8H2,1-2H3. The van der Waals surface area contributed by atoms with Crippen LogP contribution in [0.3, 0.4) is 0 Å². The molecule has 82 valence electrons. The average molecular weight is 200 g/mol. The van der Waals surface area contributed by atoms with Crippen LogP contribution in [0.25, 0.3) is 0 Å². The SMILES string of the molecule is CC1(C)C2CNCC2CN1CCCF. The number of likely N-dealkylation sites (tertiary alicyclic amines) is 1. The van der Waals surface area contributed by atoms with Crippen LogP contribution in [0.15, 0.2) is 0 Å². The lowest BCUT2D eigenvalue weighted by Gasteiger charge is -2.35. The van der Waals surface area contributed by atoms with E-state index in [1.54, 1.807) is 0 Å². The molecule has 0 aliphatic carbocycles. The summed E-state index contributed by atoms with van der Waals surface area (Å²) >= 11 is 0. The number of rotatable bonds is 3. The van der Waals surface area contributed by atoms with E-state index in [9.17, 15) is 4.39 Å². The molecule has 14 heavy (non-hydrogen) atoms. The van der Waals surface area contributed by atoms with Gasteiger partial charge in [-0.3, -0.25) is 9.29 Å². The van der Waals surface area contributed by atoms with Crippen LogP contribution in [0, 0.1) is 11.8 Å². The first-order chi connectivity index (χ1) is 6.66. The van der Waals surface area contributed by atoms with Crippen molar-refractivity contribution >= 4 is 0 Å². The van der Waals surface area contributed by atoms with Crippen molar-refractivity contribution < 1.29 is 4.39 Å². The lowest BCUT2D eigenvalue weighted by Crippen LogP contribution is -2.44.